The van der Waals surface area contributed by atoms with Gasteiger partial charge in [0.15, 0.2) is 0 Å². The molecule has 0 amide bonds. The van der Waals surface area contributed by atoms with Gasteiger partial charge in [0.2, 0.25) is 0 Å². The van der Waals surface area contributed by atoms with E-state index in [-0.39, 0.29) is 0 Å². The van der Waals surface area contributed by atoms with Crippen molar-refractivity contribution in [2.24, 2.45) is 0 Å². The number of hydrogen-bond donors (Lipinski definition) is 0. The van der Waals surface area contributed by atoms with Crippen LogP contribution in [0, 0.1) is 0 Å². The van der Waals surface area contributed by atoms with E-state index in [2.05, 4.69) is 0 Å². The zero-order valence-corrected chi connectivity index (χ0v) is 7.42. The summed E-state index contributed by atoms with van der Waals surface area (Å²) in [5.74, 6) is 0.337. The van der Waals surface area contributed by atoms with Crippen LogP contribution in [-0.4, -0.2) is 5.78 Å². The Kier molecular flexibility index (Phi) is 3.52. The minimum absolute atomic E-state index is 0.337. The van der Waals surface area contributed by atoms with Gasteiger partial charge in [-0.15, -0.1) is 0 Å². The largest absolute Gasteiger partial charge is 0.299 e. The predicted octanol–water partition coefficient (Wildman–Crippen LogP) is 2.60. The van der Waals surface area contributed by atoms with Gasteiger partial charge in [-0.3, -0.25) is 4.79 Å². The van der Waals surface area contributed by atoms with E-state index in [1.807, 2.05) is 37.3 Å². The molecule has 0 unspecified atom stereocenters. The van der Waals surface area contributed by atoms with Crippen LogP contribution in [0.2, 0.25) is 0 Å². The second kappa shape index (κ2) is 4.70. The minimum atomic E-state index is 0.337. The van der Waals surface area contributed by atoms with Gasteiger partial charge in [0, 0.05) is 12.8 Å². The molecule has 0 saturated heterocycles. The molecule has 0 N–H and O–H groups in total. The molecule has 0 spiro atoms. The number of Topliss-reactive ketones (excluding diaryl/α,β-unsaturated/α-hetero) is 1. The third-order valence-corrected chi connectivity index (χ3v) is 1.77. The molecule has 0 aliphatic carbocycles. The quantitative estimate of drug-likeness (QED) is 0.665. The standard InChI is InChI=1S/C11H14O/c1-2-6-11(12)9-10-7-4-3-5-8-10/h3-5,7-8H,2,6,9H2,1H3. The van der Waals surface area contributed by atoms with Crippen molar-refractivity contribution in [3.05, 3.63) is 35.9 Å². The van der Waals surface area contributed by atoms with Crippen molar-refractivity contribution in [2.75, 3.05) is 0 Å². The molecule has 64 valence electrons. The number of carbonyl (C=O) groups is 1. The number of hydrogen-bond acceptors (Lipinski definition) is 1. The Balaban J connectivity index is 2.47. The molecule has 1 heteroatoms. The molecule has 0 aliphatic rings. The van der Waals surface area contributed by atoms with Crippen molar-refractivity contribution in [1.82, 2.24) is 0 Å². The van der Waals surface area contributed by atoms with Crippen LogP contribution < -0.4 is 0 Å². The topological polar surface area (TPSA) is 17.1 Å². The summed E-state index contributed by atoms with van der Waals surface area (Å²) in [5, 5.41) is 0. The Morgan fingerprint density at radius 2 is 1.92 bits per heavy atom. The third-order valence-electron chi connectivity index (χ3n) is 1.77. The van der Waals surface area contributed by atoms with Gasteiger partial charge < -0.3 is 0 Å². The molecule has 1 rings (SSSR count). The van der Waals surface area contributed by atoms with E-state index < -0.39 is 0 Å². The normalized spacial score (nSPS) is 9.75. The average molecular weight is 162 g/mol. The van der Waals surface area contributed by atoms with Gasteiger partial charge in [0.1, 0.15) is 5.78 Å². The van der Waals surface area contributed by atoms with Gasteiger partial charge in [-0.2, -0.15) is 0 Å². The van der Waals surface area contributed by atoms with Gasteiger partial charge in [0.05, 0.1) is 0 Å². The molecule has 1 nitrogen and oxygen atoms in total. The Labute approximate surface area is 73.4 Å². The zero-order chi connectivity index (χ0) is 8.81. The molecule has 0 aliphatic heterocycles. The van der Waals surface area contributed by atoms with E-state index in [9.17, 15) is 4.79 Å². The Bertz CT molecular complexity index is 238. The Morgan fingerprint density at radius 3 is 2.50 bits per heavy atom. The highest BCUT2D eigenvalue weighted by Gasteiger charge is 2.00. The summed E-state index contributed by atoms with van der Waals surface area (Å²) in [6.45, 7) is 2.03. The molecular weight excluding hydrogens is 148 g/mol. The van der Waals surface area contributed by atoms with Gasteiger partial charge in [-0.25, -0.2) is 0 Å². The molecule has 0 fully saturated rings. The summed E-state index contributed by atoms with van der Waals surface area (Å²) in [6, 6.07) is 9.89. The summed E-state index contributed by atoms with van der Waals surface area (Å²) < 4.78 is 0. The van der Waals surface area contributed by atoms with Crippen molar-refractivity contribution < 1.29 is 4.79 Å². The molecule has 0 atom stereocenters. The number of carbonyl (C=O) groups excluding carboxylic acids is 1. The summed E-state index contributed by atoms with van der Waals surface area (Å²) in [4.78, 5) is 11.2. The summed E-state index contributed by atoms with van der Waals surface area (Å²) in [5.41, 5.74) is 1.12. The molecule has 1 aromatic carbocycles. The molecular formula is C11H14O. The maximum Gasteiger partial charge on any atom is 0.137 e. The average Bonchev–Trinajstić information content (AvgIpc) is 2.06. The lowest BCUT2D eigenvalue weighted by atomic mass is 10.1. The second-order valence-electron chi connectivity index (χ2n) is 2.95. The van der Waals surface area contributed by atoms with Crippen molar-refractivity contribution in [1.29, 1.82) is 0 Å². The lowest BCUT2D eigenvalue weighted by Crippen LogP contribution is -2.00. The van der Waals surface area contributed by atoms with Crippen LogP contribution in [-0.2, 0) is 11.2 Å². The van der Waals surface area contributed by atoms with Crippen LogP contribution in [0.3, 0.4) is 0 Å². The molecule has 12 heavy (non-hydrogen) atoms. The first kappa shape index (κ1) is 8.98. The fraction of sp³-hybridized carbons (Fsp3) is 0.364. The number of benzene rings is 1. The van der Waals surface area contributed by atoms with Crippen molar-refractivity contribution in [3.8, 4) is 0 Å². The second-order valence-corrected chi connectivity index (χ2v) is 2.95. The number of rotatable bonds is 4. The van der Waals surface area contributed by atoms with Crippen molar-refractivity contribution in [3.63, 3.8) is 0 Å². The van der Waals surface area contributed by atoms with Crippen LogP contribution >= 0.6 is 0 Å². The Hall–Kier alpha value is -1.11. The van der Waals surface area contributed by atoms with E-state index >= 15 is 0 Å². The van der Waals surface area contributed by atoms with Gasteiger partial charge in [-0.05, 0) is 12.0 Å². The third kappa shape index (κ3) is 2.87. The van der Waals surface area contributed by atoms with Crippen LogP contribution in [0.1, 0.15) is 25.3 Å². The van der Waals surface area contributed by atoms with E-state index in [0.29, 0.717) is 18.6 Å². The monoisotopic (exact) mass is 162 g/mol. The van der Waals surface area contributed by atoms with E-state index in [1.54, 1.807) is 0 Å². The van der Waals surface area contributed by atoms with Gasteiger partial charge in [0.25, 0.3) is 0 Å². The zero-order valence-electron chi connectivity index (χ0n) is 7.42. The van der Waals surface area contributed by atoms with E-state index in [0.717, 1.165) is 12.0 Å². The van der Waals surface area contributed by atoms with E-state index in [4.69, 9.17) is 0 Å². The van der Waals surface area contributed by atoms with Crippen LogP contribution in [0.25, 0.3) is 0 Å². The maximum absolute atomic E-state index is 11.2. The first-order valence-corrected chi connectivity index (χ1v) is 4.38. The lowest BCUT2D eigenvalue weighted by molar-refractivity contribution is -0.118. The minimum Gasteiger partial charge on any atom is -0.299 e. The smallest absolute Gasteiger partial charge is 0.137 e. The Morgan fingerprint density at radius 1 is 1.25 bits per heavy atom. The van der Waals surface area contributed by atoms with Gasteiger partial charge >= 0.3 is 0 Å². The van der Waals surface area contributed by atoms with Crippen LogP contribution in [0.4, 0.5) is 0 Å². The fourth-order valence-electron chi connectivity index (χ4n) is 1.19. The molecule has 0 heterocycles. The first-order chi connectivity index (χ1) is 5.83. The highest BCUT2D eigenvalue weighted by molar-refractivity contribution is 5.80. The molecule has 0 radical (unpaired) electrons. The molecule has 1 aromatic rings. The first-order valence-electron chi connectivity index (χ1n) is 4.38. The molecule has 0 bridgehead atoms. The molecule has 0 saturated carbocycles. The van der Waals surface area contributed by atoms with Gasteiger partial charge in [-0.1, -0.05) is 37.3 Å². The molecule has 0 aromatic heterocycles. The van der Waals surface area contributed by atoms with Crippen LogP contribution in [0.15, 0.2) is 30.3 Å². The van der Waals surface area contributed by atoms with Crippen LogP contribution in [0.5, 0.6) is 0 Å². The van der Waals surface area contributed by atoms with Crippen molar-refractivity contribution in [2.45, 2.75) is 26.2 Å². The van der Waals surface area contributed by atoms with E-state index in [1.165, 1.54) is 0 Å². The summed E-state index contributed by atoms with van der Waals surface area (Å²) in [6.07, 6.45) is 2.25. The highest BCUT2D eigenvalue weighted by Crippen LogP contribution is 2.02. The predicted molar refractivity (Wildman–Crippen MR) is 50.1 cm³/mol. The SMILES string of the molecule is CCCC(=O)Cc1ccccc1. The summed E-state index contributed by atoms with van der Waals surface area (Å²) >= 11 is 0. The summed E-state index contributed by atoms with van der Waals surface area (Å²) in [7, 11) is 0. The fourth-order valence-corrected chi connectivity index (χ4v) is 1.19. The lowest BCUT2D eigenvalue weighted by Gasteiger charge is -1.98. The highest BCUT2D eigenvalue weighted by atomic mass is 16.1. The number of ketones is 1. The van der Waals surface area contributed by atoms with Crippen molar-refractivity contribution >= 4 is 5.78 Å². The maximum atomic E-state index is 11.2.